The second-order valence-corrected chi connectivity index (χ2v) is 6.65. The molecule has 2 aromatic rings. The first-order chi connectivity index (χ1) is 10.2. The Morgan fingerprint density at radius 2 is 2.19 bits per heavy atom. The zero-order valence-corrected chi connectivity index (χ0v) is 12.8. The predicted octanol–water partition coefficient (Wildman–Crippen LogP) is 3.14. The van der Waals surface area contributed by atoms with Crippen LogP contribution in [0.3, 0.4) is 0 Å². The number of rotatable bonds is 4. The molecule has 1 fully saturated rings. The monoisotopic (exact) mass is 307 g/mol. The number of halogens is 1. The van der Waals surface area contributed by atoms with E-state index in [2.05, 4.69) is 22.4 Å². The first-order valence-electron chi connectivity index (χ1n) is 7.08. The molecule has 2 heterocycles. The molecule has 1 atom stereocenters. The van der Waals surface area contributed by atoms with Crippen LogP contribution in [0.4, 0.5) is 4.39 Å². The van der Waals surface area contributed by atoms with E-state index in [1.807, 2.05) is 0 Å². The maximum Gasteiger partial charge on any atom is 0.233 e. The molecule has 1 aliphatic heterocycles. The summed E-state index contributed by atoms with van der Waals surface area (Å²) in [4.78, 5) is 5.52. The number of benzene rings is 1. The highest BCUT2D eigenvalue weighted by Crippen LogP contribution is 2.30. The van der Waals surface area contributed by atoms with Crippen molar-refractivity contribution in [3.8, 4) is 0 Å². The van der Waals surface area contributed by atoms with E-state index in [0.29, 0.717) is 17.5 Å². The molecule has 1 saturated heterocycles. The maximum atomic E-state index is 12.8. The van der Waals surface area contributed by atoms with Crippen LogP contribution in [0.2, 0.25) is 0 Å². The van der Waals surface area contributed by atoms with Crippen molar-refractivity contribution in [2.75, 3.05) is 13.1 Å². The van der Waals surface area contributed by atoms with E-state index >= 15 is 0 Å². The van der Waals surface area contributed by atoms with E-state index in [1.54, 1.807) is 23.9 Å². The summed E-state index contributed by atoms with van der Waals surface area (Å²) in [5.41, 5.74) is -0.0654. The van der Waals surface area contributed by atoms with Crippen molar-refractivity contribution in [1.82, 2.24) is 15.5 Å². The minimum absolute atomic E-state index is 0.0654. The highest BCUT2D eigenvalue weighted by molar-refractivity contribution is 7.98. The van der Waals surface area contributed by atoms with Crippen molar-refractivity contribution in [3.63, 3.8) is 0 Å². The van der Waals surface area contributed by atoms with Crippen LogP contribution in [0.15, 0.2) is 33.7 Å². The standard InChI is InChI=1S/C15H18FN3OS/c1-15(7-2-8-17-10-15)14-18-13(19-20-14)9-21-12-5-3-11(16)4-6-12/h3-6,17H,2,7-10H2,1H3. The number of hydrogen-bond donors (Lipinski definition) is 1. The summed E-state index contributed by atoms with van der Waals surface area (Å²) in [5, 5.41) is 7.44. The Morgan fingerprint density at radius 1 is 1.38 bits per heavy atom. The number of thioether (sulfide) groups is 1. The van der Waals surface area contributed by atoms with Gasteiger partial charge in [-0.15, -0.1) is 11.8 Å². The van der Waals surface area contributed by atoms with E-state index in [-0.39, 0.29) is 11.2 Å². The van der Waals surface area contributed by atoms with Crippen molar-refractivity contribution < 1.29 is 8.91 Å². The normalized spacial score (nSPS) is 22.4. The minimum Gasteiger partial charge on any atom is -0.339 e. The number of aromatic nitrogens is 2. The van der Waals surface area contributed by atoms with Gasteiger partial charge in [0.25, 0.3) is 0 Å². The minimum atomic E-state index is -0.223. The first kappa shape index (κ1) is 14.5. The number of piperidine rings is 1. The predicted molar refractivity (Wildman–Crippen MR) is 79.7 cm³/mol. The molecule has 112 valence electrons. The molecule has 6 heteroatoms. The Morgan fingerprint density at radius 3 is 2.90 bits per heavy atom. The van der Waals surface area contributed by atoms with Crippen molar-refractivity contribution in [1.29, 1.82) is 0 Å². The van der Waals surface area contributed by atoms with E-state index in [4.69, 9.17) is 4.52 Å². The van der Waals surface area contributed by atoms with Gasteiger partial charge in [-0.25, -0.2) is 4.39 Å². The third-order valence-corrected chi connectivity index (χ3v) is 4.77. The molecule has 1 unspecified atom stereocenters. The molecule has 0 bridgehead atoms. The molecule has 1 aromatic carbocycles. The molecule has 0 aliphatic carbocycles. The van der Waals surface area contributed by atoms with E-state index in [9.17, 15) is 4.39 Å². The van der Waals surface area contributed by atoms with Crippen LogP contribution in [0.5, 0.6) is 0 Å². The smallest absolute Gasteiger partial charge is 0.233 e. The molecule has 0 radical (unpaired) electrons. The fourth-order valence-corrected chi connectivity index (χ4v) is 3.22. The van der Waals surface area contributed by atoms with Crippen molar-refractivity contribution in [2.24, 2.45) is 0 Å². The number of hydrogen-bond acceptors (Lipinski definition) is 5. The maximum absolute atomic E-state index is 12.8. The van der Waals surface area contributed by atoms with Crippen LogP contribution in [-0.4, -0.2) is 23.2 Å². The Balaban J connectivity index is 1.63. The summed E-state index contributed by atoms with van der Waals surface area (Å²) in [5.74, 6) is 1.80. The van der Waals surface area contributed by atoms with Crippen LogP contribution in [-0.2, 0) is 11.2 Å². The zero-order valence-electron chi connectivity index (χ0n) is 11.9. The van der Waals surface area contributed by atoms with Crippen molar-refractivity contribution in [2.45, 2.75) is 35.8 Å². The molecule has 3 rings (SSSR count). The summed E-state index contributed by atoms with van der Waals surface area (Å²) in [6.45, 7) is 4.08. The van der Waals surface area contributed by atoms with Gasteiger partial charge in [0.15, 0.2) is 5.82 Å². The van der Waals surface area contributed by atoms with E-state index in [1.165, 1.54) is 12.1 Å². The summed E-state index contributed by atoms with van der Waals surface area (Å²) >= 11 is 1.57. The Labute approximate surface area is 127 Å². The largest absolute Gasteiger partial charge is 0.339 e. The van der Waals surface area contributed by atoms with E-state index < -0.39 is 0 Å². The molecule has 21 heavy (non-hydrogen) atoms. The molecule has 0 saturated carbocycles. The molecule has 1 aliphatic rings. The summed E-state index contributed by atoms with van der Waals surface area (Å²) in [6.07, 6.45) is 2.19. The van der Waals surface area contributed by atoms with Crippen molar-refractivity contribution in [3.05, 3.63) is 41.8 Å². The quantitative estimate of drug-likeness (QED) is 0.879. The summed E-state index contributed by atoms with van der Waals surface area (Å²) in [7, 11) is 0. The van der Waals surface area contributed by atoms with Crippen LogP contribution >= 0.6 is 11.8 Å². The summed E-state index contributed by atoms with van der Waals surface area (Å²) < 4.78 is 18.3. The second-order valence-electron chi connectivity index (χ2n) is 5.60. The Kier molecular flexibility index (Phi) is 4.26. The van der Waals surface area contributed by atoms with E-state index in [0.717, 1.165) is 30.8 Å². The molecule has 1 aromatic heterocycles. The van der Waals surface area contributed by atoms with Gasteiger partial charge in [0.05, 0.1) is 11.2 Å². The average Bonchev–Trinajstić information content (AvgIpc) is 2.97. The van der Waals surface area contributed by atoms with Crippen LogP contribution in [0.1, 0.15) is 31.5 Å². The second kappa shape index (κ2) is 6.15. The van der Waals surface area contributed by atoms with Gasteiger partial charge in [0, 0.05) is 11.4 Å². The van der Waals surface area contributed by atoms with Gasteiger partial charge in [-0.1, -0.05) is 5.16 Å². The lowest BCUT2D eigenvalue weighted by atomic mass is 9.83. The molecule has 0 amide bonds. The Hall–Kier alpha value is -1.40. The van der Waals surface area contributed by atoms with Gasteiger partial charge in [-0.05, 0) is 50.6 Å². The zero-order chi connectivity index (χ0) is 14.7. The fourth-order valence-electron chi connectivity index (χ4n) is 2.48. The van der Waals surface area contributed by atoms with Gasteiger partial charge < -0.3 is 9.84 Å². The third-order valence-electron chi connectivity index (χ3n) is 3.76. The summed E-state index contributed by atoms with van der Waals surface area (Å²) in [6, 6.07) is 6.43. The van der Waals surface area contributed by atoms with Crippen LogP contribution in [0, 0.1) is 5.82 Å². The Bertz CT molecular complexity index is 593. The van der Waals surface area contributed by atoms with Gasteiger partial charge >= 0.3 is 0 Å². The number of nitrogens with one attached hydrogen (secondary N) is 1. The van der Waals surface area contributed by atoms with Gasteiger partial charge in [0.2, 0.25) is 5.89 Å². The first-order valence-corrected chi connectivity index (χ1v) is 8.06. The topological polar surface area (TPSA) is 51.0 Å². The molecule has 4 nitrogen and oxygen atoms in total. The molecule has 0 spiro atoms. The molecular formula is C15H18FN3OS. The lowest BCUT2D eigenvalue weighted by molar-refractivity contribution is 0.245. The molecular weight excluding hydrogens is 289 g/mol. The highest BCUT2D eigenvalue weighted by atomic mass is 32.2. The van der Waals surface area contributed by atoms with Crippen LogP contribution < -0.4 is 5.32 Å². The van der Waals surface area contributed by atoms with Gasteiger partial charge in [0.1, 0.15) is 5.82 Å². The lowest BCUT2D eigenvalue weighted by Gasteiger charge is -2.30. The van der Waals surface area contributed by atoms with Crippen LogP contribution in [0.25, 0.3) is 0 Å². The SMILES string of the molecule is CC1(c2nc(CSc3ccc(F)cc3)no2)CCCNC1. The molecule has 1 N–H and O–H groups in total. The fraction of sp³-hybridized carbons (Fsp3) is 0.467. The highest BCUT2D eigenvalue weighted by Gasteiger charge is 2.34. The lowest BCUT2D eigenvalue weighted by Crippen LogP contribution is -2.41. The average molecular weight is 307 g/mol. The van der Waals surface area contributed by atoms with Gasteiger partial charge in [-0.3, -0.25) is 0 Å². The number of nitrogens with zero attached hydrogens (tertiary/aromatic N) is 2. The van der Waals surface area contributed by atoms with Gasteiger partial charge in [-0.2, -0.15) is 4.98 Å². The van der Waals surface area contributed by atoms with Crippen molar-refractivity contribution >= 4 is 11.8 Å². The third kappa shape index (κ3) is 3.44.